The molecule has 3 heterocycles. The van der Waals surface area contributed by atoms with Gasteiger partial charge in [0, 0.05) is 39.7 Å². The van der Waals surface area contributed by atoms with Gasteiger partial charge < -0.3 is 14.4 Å². The molecular formula is C22H24N2O5S. The summed E-state index contributed by atoms with van der Waals surface area (Å²) < 4.78 is 11.6. The molecule has 5 rings (SSSR count). The van der Waals surface area contributed by atoms with E-state index in [2.05, 4.69) is 10.1 Å². The first kappa shape index (κ1) is 19.6. The molecule has 3 aliphatic rings. The normalized spacial score (nSPS) is 20.5. The SMILES string of the molecule is CC1(C)Cc2c(sc(CC(=O)C3=C(C(=O)O)CCC3)c2-c2nc(C3CC3)no2)CO1. The Kier molecular flexibility index (Phi) is 4.67. The van der Waals surface area contributed by atoms with Gasteiger partial charge in [0.2, 0.25) is 0 Å². The molecular weight excluding hydrogens is 404 g/mol. The molecule has 7 nitrogen and oxygen atoms in total. The summed E-state index contributed by atoms with van der Waals surface area (Å²) in [6.07, 6.45) is 4.72. The average Bonchev–Trinajstić information content (AvgIpc) is 3.10. The first-order valence-corrected chi connectivity index (χ1v) is 11.2. The summed E-state index contributed by atoms with van der Waals surface area (Å²) in [6, 6.07) is 0. The molecule has 1 saturated carbocycles. The maximum absolute atomic E-state index is 13.1. The number of rotatable bonds is 6. The van der Waals surface area contributed by atoms with E-state index in [1.54, 1.807) is 11.3 Å². The minimum absolute atomic E-state index is 0.119. The van der Waals surface area contributed by atoms with Crippen molar-refractivity contribution in [3.05, 3.63) is 32.3 Å². The van der Waals surface area contributed by atoms with Crippen LogP contribution >= 0.6 is 11.3 Å². The lowest BCUT2D eigenvalue weighted by molar-refractivity contribution is -0.133. The summed E-state index contributed by atoms with van der Waals surface area (Å²) in [4.78, 5) is 31.2. The number of hydrogen-bond donors (Lipinski definition) is 1. The number of ketones is 1. The van der Waals surface area contributed by atoms with Gasteiger partial charge >= 0.3 is 5.97 Å². The number of allylic oxidation sites excluding steroid dienone is 1. The molecule has 2 aliphatic carbocycles. The van der Waals surface area contributed by atoms with Crippen molar-refractivity contribution in [1.29, 1.82) is 0 Å². The summed E-state index contributed by atoms with van der Waals surface area (Å²) in [5, 5.41) is 13.6. The van der Waals surface area contributed by atoms with E-state index in [9.17, 15) is 14.7 Å². The van der Waals surface area contributed by atoms with E-state index >= 15 is 0 Å². The molecule has 0 atom stereocenters. The Morgan fingerprint density at radius 1 is 1.23 bits per heavy atom. The molecule has 1 fully saturated rings. The van der Waals surface area contributed by atoms with Gasteiger partial charge in [0.15, 0.2) is 11.6 Å². The number of ether oxygens (including phenoxy) is 1. The third-order valence-corrected chi connectivity index (χ3v) is 7.30. The highest BCUT2D eigenvalue weighted by Crippen LogP contribution is 2.44. The number of thiophene rings is 1. The summed E-state index contributed by atoms with van der Waals surface area (Å²) in [5.74, 6) is 0.479. The smallest absolute Gasteiger partial charge is 0.331 e. The number of aliphatic carboxylic acids is 1. The van der Waals surface area contributed by atoms with E-state index in [4.69, 9.17) is 9.26 Å². The molecule has 30 heavy (non-hydrogen) atoms. The van der Waals surface area contributed by atoms with E-state index < -0.39 is 5.97 Å². The van der Waals surface area contributed by atoms with Crippen molar-refractivity contribution in [1.82, 2.24) is 10.1 Å². The molecule has 2 aromatic heterocycles. The molecule has 0 aromatic carbocycles. The highest BCUT2D eigenvalue weighted by molar-refractivity contribution is 7.12. The predicted molar refractivity (Wildman–Crippen MR) is 109 cm³/mol. The minimum atomic E-state index is -0.984. The molecule has 0 radical (unpaired) electrons. The second kappa shape index (κ2) is 7.13. The van der Waals surface area contributed by atoms with Gasteiger partial charge in [-0.25, -0.2) is 4.79 Å². The molecule has 0 amide bonds. The largest absolute Gasteiger partial charge is 0.478 e. The van der Waals surface area contributed by atoms with E-state index in [0.29, 0.717) is 49.7 Å². The molecule has 2 aromatic rings. The van der Waals surface area contributed by atoms with Crippen LogP contribution < -0.4 is 0 Å². The Balaban J connectivity index is 1.54. The fraction of sp³-hybridized carbons (Fsp3) is 0.545. The van der Waals surface area contributed by atoms with Crippen molar-refractivity contribution >= 4 is 23.1 Å². The van der Waals surface area contributed by atoms with Gasteiger partial charge in [0.1, 0.15) is 0 Å². The number of hydrogen-bond acceptors (Lipinski definition) is 7. The van der Waals surface area contributed by atoms with Crippen LogP contribution in [0.3, 0.4) is 0 Å². The molecule has 1 aliphatic heterocycles. The van der Waals surface area contributed by atoms with Crippen LogP contribution in [0.15, 0.2) is 15.7 Å². The maximum atomic E-state index is 13.1. The lowest BCUT2D eigenvalue weighted by atomic mass is 9.91. The Morgan fingerprint density at radius 3 is 2.73 bits per heavy atom. The molecule has 0 bridgehead atoms. The van der Waals surface area contributed by atoms with Crippen LogP contribution in [0.4, 0.5) is 0 Å². The first-order chi connectivity index (χ1) is 14.3. The number of aromatic nitrogens is 2. The third-order valence-electron chi connectivity index (χ3n) is 6.09. The maximum Gasteiger partial charge on any atom is 0.331 e. The number of fused-ring (bicyclic) bond motifs is 1. The number of carbonyl (C=O) groups is 2. The number of carboxylic acid groups (broad SMARTS) is 1. The number of Topliss-reactive ketones (excluding diaryl/α,β-unsaturated/α-hetero) is 1. The second-order valence-corrected chi connectivity index (χ2v) is 10.2. The number of nitrogens with zero attached hydrogens (tertiary/aromatic N) is 2. The lowest BCUT2D eigenvalue weighted by Crippen LogP contribution is -2.31. The molecule has 158 valence electrons. The molecule has 1 N–H and O–H groups in total. The van der Waals surface area contributed by atoms with Gasteiger partial charge in [-0.1, -0.05) is 5.16 Å². The topological polar surface area (TPSA) is 103 Å². The summed E-state index contributed by atoms with van der Waals surface area (Å²) in [6.45, 7) is 4.59. The monoisotopic (exact) mass is 428 g/mol. The zero-order chi connectivity index (χ0) is 21.0. The highest BCUT2D eigenvalue weighted by atomic mass is 32.1. The Morgan fingerprint density at radius 2 is 2.00 bits per heavy atom. The number of carbonyl (C=O) groups excluding carboxylic acids is 1. The lowest BCUT2D eigenvalue weighted by Gasteiger charge is -2.30. The number of carboxylic acids is 1. The van der Waals surface area contributed by atoms with Gasteiger partial charge in [-0.2, -0.15) is 4.98 Å². The van der Waals surface area contributed by atoms with E-state index in [1.807, 2.05) is 13.8 Å². The van der Waals surface area contributed by atoms with Crippen LogP contribution in [0.25, 0.3) is 11.5 Å². The standard InChI is InChI=1S/C22H24N2O5S/c1-22(2)9-14-17(10-28-22)30-16(8-15(25)12-4-3-5-13(12)21(26)27)18(14)20-23-19(24-29-20)11-6-7-11/h11H,3-10H2,1-2H3,(H,26,27). The van der Waals surface area contributed by atoms with E-state index in [-0.39, 0.29) is 23.4 Å². The molecule has 0 spiro atoms. The van der Waals surface area contributed by atoms with Crippen LogP contribution in [0.1, 0.15) is 73.0 Å². The summed E-state index contributed by atoms with van der Waals surface area (Å²) in [7, 11) is 0. The third kappa shape index (κ3) is 3.52. The van der Waals surface area contributed by atoms with Gasteiger partial charge in [0.25, 0.3) is 5.89 Å². The molecule has 0 unspecified atom stereocenters. The van der Waals surface area contributed by atoms with Crippen molar-refractivity contribution in [3.63, 3.8) is 0 Å². The van der Waals surface area contributed by atoms with Gasteiger partial charge in [-0.15, -0.1) is 11.3 Å². The zero-order valence-electron chi connectivity index (χ0n) is 17.1. The van der Waals surface area contributed by atoms with Crippen LogP contribution in [-0.2, 0) is 33.8 Å². The van der Waals surface area contributed by atoms with Crippen LogP contribution in [-0.4, -0.2) is 32.6 Å². The van der Waals surface area contributed by atoms with Crippen LogP contribution in [0.5, 0.6) is 0 Å². The fourth-order valence-electron chi connectivity index (χ4n) is 4.37. The first-order valence-electron chi connectivity index (χ1n) is 10.4. The van der Waals surface area contributed by atoms with Crippen molar-refractivity contribution in [3.8, 4) is 11.5 Å². The average molecular weight is 429 g/mol. The van der Waals surface area contributed by atoms with Crippen molar-refractivity contribution in [2.24, 2.45) is 0 Å². The molecule has 0 saturated heterocycles. The van der Waals surface area contributed by atoms with Crippen molar-refractivity contribution in [2.45, 2.75) is 76.9 Å². The Bertz CT molecular complexity index is 1070. The van der Waals surface area contributed by atoms with Gasteiger partial charge in [-0.05, 0) is 51.5 Å². The Hall–Kier alpha value is -2.32. The van der Waals surface area contributed by atoms with Crippen molar-refractivity contribution in [2.75, 3.05) is 0 Å². The zero-order valence-corrected chi connectivity index (χ0v) is 17.9. The fourth-order valence-corrected chi connectivity index (χ4v) is 5.60. The van der Waals surface area contributed by atoms with Crippen LogP contribution in [0, 0.1) is 0 Å². The Labute approximate surface area is 178 Å². The minimum Gasteiger partial charge on any atom is -0.478 e. The highest BCUT2D eigenvalue weighted by Gasteiger charge is 2.36. The van der Waals surface area contributed by atoms with E-state index in [1.165, 1.54) is 0 Å². The molecule has 8 heteroatoms. The predicted octanol–water partition coefficient (Wildman–Crippen LogP) is 4.20. The van der Waals surface area contributed by atoms with Gasteiger partial charge in [0.05, 0.1) is 17.8 Å². The van der Waals surface area contributed by atoms with E-state index in [0.717, 1.165) is 39.5 Å². The summed E-state index contributed by atoms with van der Waals surface area (Å²) >= 11 is 1.54. The van der Waals surface area contributed by atoms with Crippen molar-refractivity contribution < 1.29 is 24.0 Å². The second-order valence-electron chi connectivity index (χ2n) is 8.97. The summed E-state index contributed by atoms with van der Waals surface area (Å²) in [5.41, 5.74) is 2.38. The van der Waals surface area contributed by atoms with Gasteiger partial charge in [-0.3, -0.25) is 4.79 Å². The quantitative estimate of drug-likeness (QED) is 0.735. The van der Waals surface area contributed by atoms with Crippen LogP contribution in [0.2, 0.25) is 0 Å².